The first-order valence-electron chi connectivity index (χ1n) is 10.7. The molecule has 0 unspecified atom stereocenters. The van der Waals surface area contributed by atoms with Gasteiger partial charge in [-0.05, 0) is 61.8 Å². The van der Waals surface area contributed by atoms with Gasteiger partial charge in [-0.3, -0.25) is 4.90 Å². The second kappa shape index (κ2) is 10.8. The van der Waals surface area contributed by atoms with Crippen molar-refractivity contribution in [3.05, 3.63) is 59.5 Å². The highest BCUT2D eigenvalue weighted by atomic mass is 16.5. The smallest absolute Gasteiger partial charge is 0.252 e. The van der Waals surface area contributed by atoms with Gasteiger partial charge in [-0.25, -0.2) is 0 Å². The summed E-state index contributed by atoms with van der Waals surface area (Å²) in [5.74, 6) is 2.18. The average Bonchev–Trinajstić information content (AvgIpc) is 3.52. The molecule has 0 aliphatic carbocycles. The van der Waals surface area contributed by atoms with Crippen molar-refractivity contribution in [1.29, 1.82) is 5.26 Å². The molecule has 8 heteroatoms. The molecule has 0 amide bonds. The first-order valence-corrected chi connectivity index (χ1v) is 10.7. The van der Waals surface area contributed by atoms with E-state index in [4.69, 9.17) is 24.0 Å². The van der Waals surface area contributed by atoms with Crippen LogP contribution in [0.15, 0.2) is 47.0 Å². The molecule has 8 nitrogen and oxygen atoms in total. The van der Waals surface area contributed by atoms with Crippen LogP contribution < -0.4 is 9.47 Å². The van der Waals surface area contributed by atoms with Crippen molar-refractivity contribution < 1.29 is 18.7 Å². The highest BCUT2D eigenvalue weighted by Gasteiger charge is 2.14. The van der Waals surface area contributed by atoms with Crippen molar-refractivity contribution in [3.8, 4) is 29.0 Å². The summed E-state index contributed by atoms with van der Waals surface area (Å²) in [7, 11) is 1.62. The van der Waals surface area contributed by atoms with Gasteiger partial charge in [-0.1, -0.05) is 17.3 Å². The molecule has 1 aliphatic rings. The molecule has 32 heavy (non-hydrogen) atoms. The van der Waals surface area contributed by atoms with Crippen LogP contribution >= 0.6 is 0 Å². The zero-order valence-electron chi connectivity index (χ0n) is 18.1. The molecular weight excluding hydrogens is 408 g/mol. The lowest BCUT2D eigenvalue weighted by Crippen LogP contribution is -2.25. The maximum atomic E-state index is 8.85. The van der Waals surface area contributed by atoms with E-state index >= 15 is 0 Å². The van der Waals surface area contributed by atoms with Crippen LogP contribution in [-0.2, 0) is 18.0 Å². The summed E-state index contributed by atoms with van der Waals surface area (Å²) in [5.41, 5.74) is 2.36. The van der Waals surface area contributed by atoms with Gasteiger partial charge in [0.25, 0.3) is 5.89 Å². The molecule has 1 saturated heterocycles. The Morgan fingerprint density at radius 3 is 2.62 bits per heavy atom. The summed E-state index contributed by atoms with van der Waals surface area (Å²) >= 11 is 0. The lowest BCUT2D eigenvalue weighted by molar-refractivity contribution is 0.0850. The van der Waals surface area contributed by atoms with Gasteiger partial charge in [0, 0.05) is 12.1 Å². The minimum atomic E-state index is 0.196. The molecule has 0 spiro atoms. The molecule has 166 valence electrons. The van der Waals surface area contributed by atoms with E-state index in [-0.39, 0.29) is 6.61 Å². The largest absolute Gasteiger partial charge is 0.493 e. The number of hydrogen-bond donors (Lipinski definition) is 0. The number of nitriles is 1. The second-order valence-corrected chi connectivity index (χ2v) is 7.58. The first-order chi connectivity index (χ1) is 15.7. The topological polar surface area (TPSA) is 93.6 Å². The maximum absolute atomic E-state index is 8.85. The van der Waals surface area contributed by atoms with Crippen LogP contribution in [0.5, 0.6) is 11.5 Å². The van der Waals surface area contributed by atoms with Crippen molar-refractivity contribution in [2.75, 3.05) is 33.4 Å². The fourth-order valence-corrected chi connectivity index (χ4v) is 3.58. The molecule has 0 atom stereocenters. The molecule has 0 N–H and O–H groups in total. The number of likely N-dealkylation sites (tertiary alicyclic amines) is 1. The summed E-state index contributed by atoms with van der Waals surface area (Å²) < 4.78 is 22.4. The fraction of sp³-hybridized carbons (Fsp3) is 0.375. The Balaban J connectivity index is 1.31. The molecule has 1 fully saturated rings. The predicted octanol–water partition coefficient (Wildman–Crippen LogP) is 3.81. The zero-order valence-corrected chi connectivity index (χ0v) is 18.1. The Kier molecular flexibility index (Phi) is 7.33. The van der Waals surface area contributed by atoms with E-state index in [1.54, 1.807) is 19.2 Å². The monoisotopic (exact) mass is 434 g/mol. The van der Waals surface area contributed by atoms with E-state index < -0.39 is 0 Å². The highest BCUT2D eigenvalue weighted by Crippen LogP contribution is 2.31. The third-order valence-corrected chi connectivity index (χ3v) is 5.33. The Morgan fingerprint density at radius 1 is 1.06 bits per heavy atom. The van der Waals surface area contributed by atoms with Gasteiger partial charge >= 0.3 is 0 Å². The fourth-order valence-electron chi connectivity index (χ4n) is 3.58. The molecular formula is C24H26N4O4. The molecule has 0 radical (unpaired) electrons. The van der Waals surface area contributed by atoms with Crippen LogP contribution in [-0.4, -0.2) is 48.4 Å². The molecule has 0 bridgehead atoms. The van der Waals surface area contributed by atoms with E-state index in [2.05, 4.69) is 21.1 Å². The third-order valence-electron chi connectivity index (χ3n) is 5.33. The summed E-state index contributed by atoms with van der Waals surface area (Å²) in [6.07, 6.45) is 2.54. The Hall–Kier alpha value is -3.41. The number of ether oxygens (including phenoxy) is 3. The average molecular weight is 434 g/mol. The van der Waals surface area contributed by atoms with Crippen molar-refractivity contribution in [1.82, 2.24) is 15.0 Å². The maximum Gasteiger partial charge on any atom is 0.252 e. The molecule has 1 aromatic heterocycles. The number of aromatic nitrogens is 2. The van der Waals surface area contributed by atoms with Crippen LogP contribution in [0, 0.1) is 11.3 Å². The summed E-state index contributed by atoms with van der Waals surface area (Å²) in [5, 5.41) is 12.9. The number of methoxy groups -OCH3 is 1. The zero-order chi connectivity index (χ0) is 22.2. The van der Waals surface area contributed by atoms with Gasteiger partial charge in [-0.15, -0.1) is 0 Å². The molecule has 3 aromatic rings. The van der Waals surface area contributed by atoms with Gasteiger partial charge in [0.2, 0.25) is 5.82 Å². The van der Waals surface area contributed by atoms with Crippen LogP contribution in [0.25, 0.3) is 11.4 Å². The quantitative estimate of drug-likeness (QED) is 0.476. The molecule has 4 rings (SSSR count). The van der Waals surface area contributed by atoms with E-state index in [1.165, 1.54) is 12.8 Å². The number of nitrogens with zero attached hydrogens (tertiary/aromatic N) is 4. The van der Waals surface area contributed by atoms with Gasteiger partial charge in [0.05, 0.1) is 25.3 Å². The summed E-state index contributed by atoms with van der Waals surface area (Å²) in [6.45, 7) is 4.43. The Labute approximate surface area is 187 Å². The minimum absolute atomic E-state index is 0.196. The lowest BCUT2D eigenvalue weighted by atomic mass is 10.2. The standard InChI is InChI=1S/C24H26N4O4/c1-29-22-14-20(8-9-21(22)31-13-12-28-10-2-3-11-28)24-26-23(32-27-24)17-30-16-19-6-4-18(15-25)5-7-19/h4-9,14H,2-3,10-13,16-17H2,1H3. The van der Waals surface area contributed by atoms with Crippen molar-refractivity contribution in [2.24, 2.45) is 0 Å². The summed E-state index contributed by atoms with van der Waals surface area (Å²) in [6, 6.07) is 14.9. The Bertz CT molecular complexity index is 1050. The third kappa shape index (κ3) is 5.63. The van der Waals surface area contributed by atoms with Gasteiger partial charge < -0.3 is 18.7 Å². The van der Waals surface area contributed by atoms with Crippen LogP contribution in [0.3, 0.4) is 0 Å². The minimum Gasteiger partial charge on any atom is -0.493 e. The first kappa shape index (κ1) is 21.8. The number of rotatable bonds is 10. The number of hydrogen-bond acceptors (Lipinski definition) is 8. The van der Waals surface area contributed by atoms with E-state index in [9.17, 15) is 0 Å². The molecule has 1 aliphatic heterocycles. The summed E-state index contributed by atoms with van der Waals surface area (Å²) in [4.78, 5) is 6.82. The highest BCUT2D eigenvalue weighted by molar-refractivity contribution is 5.60. The lowest BCUT2D eigenvalue weighted by Gasteiger charge is -2.16. The number of benzene rings is 2. The second-order valence-electron chi connectivity index (χ2n) is 7.58. The SMILES string of the molecule is COc1cc(-c2noc(COCc3ccc(C#N)cc3)n2)ccc1OCCN1CCCC1. The molecule has 0 saturated carbocycles. The van der Waals surface area contributed by atoms with E-state index in [0.717, 1.165) is 30.8 Å². The van der Waals surface area contributed by atoms with Crippen molar-refractivity contribution in [3.63, 3.8) is 0 Å². The van der Waals surface area contributed by atoms with Crippen molar-refractivity contribution in [2.45, 2.75) is 26.1 Å². The van der Waals surface area contributed by atoms with Crippen LogP contribution in [0.1, 0.15) is 29.9 Å². The van der Waals surface area contributed by atoms with Gasteiger partial charge in [0.15, 0.2) is 11.5 Å². The van der Waals surface area contributed by atoms with E-state index in [1.807, 2.05) is 30.3 Å². The molecule has 2 heterocycles. The predicted molar refractivity (Wildman–Crippen MR) is 117 cm³/mol. The van der Waals surface area contributed by atoms with Gasteiger partial charge in [-0.2, -0.15) is 10.2 Å². The van der Waals surface area contributed by atoms with E-state index in [0.29, 0.717) is 42.0 Å². The molecule has 2 aromatic carbocycles. The van der Waals surface area contributed by atoms with Crippen LogP contribution in [0.4, 0.5) is 0 Å². The van der Waals surface area contributed by atoms with Gasteiger partial charge in [0.1, 0.15) is 13.2 Å². The Morgan fingerprint density at radius 2 is 1.88 bits per heavy atom. The normalized spacial score (nSPS) is 13.8. The van der Waals surface area contributed by atoms with Crippen LogP contribution in [0.2, 0.25) is 0 Å². The van der Waals surface area contributed by atoms with Crippen molar-refractivity contribution >= 4 is 0 Å².